The van der Waals surface area contributed by atoms with Gasteiger partial charge in [-0.2, -0.15) is 16.4 Å². The van der Waals surface area contributed by atoms with Crippen LogP contribution in [0.25, 0.3) is 0 Å². The fourth-order valence-corrected chi connectivity index (χ4v) is 3.03. The van der Waals surface area contributed by atoms with Gasteiger partial charge in [0.05, 0.1) is 11.6 Å². The van der Waals surface area contributed by atoms with Crippen molar-refractivity contribution in [3.05, 3.63) is 33.6 Å². The lowest BCUT2D eigenvalue weighted by Crippen LogP contribution is -2.20. The van der Waals surface area contributed by atoms with Gasteiger partial charge < -0.3 is 4.90 Å². The predicted octanol–water partition coefficient (Wildman–Crippen LogP) is 3.17. The van der Waals surface area contributed by atoms with Crippen LogP contribution in [0.15, 0.2) is 16.8 Å². The highest BCUT2D eigenvalue weighted by Gasteiger charge is 2.16. The standard InChI is InChI=1S/C12H16ClN3S/c1-9-11(6-13)12(16(3)14-9)15(2)7-10-4-5-17-8-10/h4-5,8H,6-7H2,1-3H3. The van der Waals surface area contributed by atoms with E-state index in [4.69, 9.17) is 11.6 Å². The summed E-state index contributed by atoms with van der Waals surface area (Å²) in [5.41, 5.74) is 3.44. The monoisotopic (exact) mass is 269 g/mol. The normalized spacial score (nSPS) is 10.8. The van der Waals surface area contributed by atoms with Gasteiger partial charge in [-0.1, -0.05) is 0 Å². The van der Waals surface area contributed by atoms with E-state index >= 15 is 0 Å². The van der Waals surface area contributed by atoms with Gasteiger partial charge in [0, 0.05) is 26.2 Å². The van der Waals surface area contributed by atoms with Crippen LogP contribution in [0.1, 0.15) is 16.8 Å². The van der Waals surface area contributed by atoms with E-state index in [9.17, 15) is 0 Å². The molecular weight excluding hydrogens is 254 g/mol. The fraction of sp³-hybridized carbons (Fsp3) is 0.417. The number of anilines is 1. The molecule has 0 amide bonds. The first-order chi connectivity index (χ1) is 8.13. The molecular formula is C12H16ClN3S. The number of aromatic nitrogens is 2. The van der Waals surface area contributed by atoms with E-state index in [0.717, 1.165) is 23.6 Å². The van der Waals surface area contributed by atoms with Crippen molar-refractivity contribution in [1.29, 1.82) is 0 Å². The van der Waals surface area contributed by atoms with Crippen LogP contribution in [-0.2, 0) is 19.5 Å². The number of nitrogens with zero attached hydrogens (tertiary/aromatic N) is 3. The van der Waals surface area contributed by atoms with Gasteiger partial charge in [0.15, 0.2) is 0 Å². The topological polar surface area (TPSA) is 21.1 Å². The Labute approximate surface area is 111 Å². The van der Waals surface area contributed by atoms with Crippen LogP contribution >= 0.6 is 22.9 Å². The fourth-order valence-electron chi connectivity index (χ4n) is 2.06. The van der Waals surface area contributed by atoms with Crippen LogP contribution in [0, 0.1) is 6.92 Å². The number of alkyl halides is 1. The molecule has 0 aliphatic heterocycles. The van der Waals surface area contributed by atoms with E-state index in [0.29, 0.717) is 5.88 Å². The second-order valence-electron chi connectivity index (χ2n) is 4.13. The molecule has 2 rings (SSSR count). The quantitative estimate of drug-likeness (QED) is 0.795. The van der Waals surface area contributed by atoms with E-state index in [-0.39, 0.29) is 0 Å². The Morgan fingerprint density at radius 1 is 1.53 bits per heavy atom. The highest BCUT2D eigenvalue weighted by atomic mass is 35.5. The molecule has 0 unspecified atom stereocenters. The maximum absolute atomic E-state index is 6.00. The molecule has 2 aromatic rings. The molecule has 0 spiro atoms. The van der Waals surface area contributed by atoms with Crippen LogP contribution in [0.3, 0.4) is 0 Å². The molecule has 3 nitrogen and oxygen atoms in total. The molecule has 0 atom stereocenters. The van der Waals surface area contributed by atoms with Gasteiger partial charge in [0.1, 0.15) is 5.82 Å². The highest BCUT2D eigenvalue weighted by Crippen LogP contribution is 2.25. The van der Waals surface area contributed by atoms with Crippen molar-refractivity contribution >= 4 is 28.8 Å². The van der Waals surface area contributed by atoms with Gasteiger partial charge in [-0.05, 0) is 29.3 Å². The van der Waals surface area contributed by atoms with Crippen LogP contribution < -0.4 is 4.90 Å². The first-order valence-electron chi connectivity index (χ1n) is 5.44. The Morgan fingerprint density at radius 2 is 2.29 bits per heavy atom. The lowest BCUT2D eigenvalue weighted by molar-refractivity contribution is 0.726. The molecule has 92 valence electrons. The maximum Gasteiger partial charge on any atom is 0.131 e. The van der Waals surface area contributed by atoms with Crippen LogP contribution in [0.4, 0.5) is 5.82 Å². The summed E-state index contributed by atoms with van der Waals surface area (Å²) in [7, 11) is 4.03. The number of thiophene rings is 1. The SMILES string of the molecule is Cc1nn(C)c(N(C)Cc2ccsc2)c1CCl. The Kier molecular flexibility index (Phi) is 3.74. The molecule has 0 fully saturated rings. The molecule has 17 heavy (non-hydrogen) atoms. The Hall–Kier alpha value is -1.00. The van der Waals surface area contributed by atoms with Gasteiger partial charge in [0.25, 0.3) is 0 Å². The number of hydrogen-bond acceptors (Lipinski definition) is 3. The number of rotatable bonds is 4. The molecule has 0 radical (unpaired) electrons. The minimum absolute atomic E-state index is 0.503. The van der Waals surface area contributed by atoms with Crippen molar-refractivity contribution in [3.8, 4) is 0 Å². The minimum Gasteiger partial charge on any atom is -0.355 e. The molecule has 0 bridgehead atoms. The van der Waals surface area contributed by atoms with Crippen molar-refractivity contribution in [3.63, 3.8) is 0 Å². The first kappa shape index (κ1) is 12.5. The third kappa shape index (κ3) is 2.48. The van der Waals surface area contributed by atoms with E-state index in [1.165, 1.54) is 5.56 Å². The molecule has 2 aromatic heterocycles. The average Bonchev–Trinajstić information content (AvgIpc) is 2.85. The Bertz CT molecular complexity index is 490. The maximum atomic E-state index is 6.00. The van der Waals surface area contributed by atoms with Crippen LogP contribution in [0.2, 0.25) is 0 Å². The highest BCUT2D eigenvalue weighted by molar-refractivity contribution is 7.07. The van der Waals surface area contributed by atoms with E-state index in [2.05, 4.69) is 33.9 Å². The van der Waals surface area contributed by atoms with Crippen LogP contribution in [-0.4, -0.2) is 16.8 Å². The lowest BCUT2D eigenvalue weighted by atomic mass is 10.2. The zero-order chi connectivity index (χ0) is 12.4. The van der Waals surface area contributed by atoms with Crippen molar-refractivity contribution in [2.45, 2.75) is 19.3 Å². The molecule has 0 N–H and O–H groups in total. The summed E-state index contributed by atoms with van der Waals surface area (Å²) in [6, 6.07) is 2.14. The predicted molar refractivity (Wildman–Crippen MR) is 73.9 cm³/mol. The van der Waals surface area contributed by atoms with Crippen molar-refractivity contribution in [1.82, 2.24) is 9.78 Å². The van der Waals surface area contributed by atoms with Gasteiger partial charge in [0.2, 0.25) is 0 Å². The molecule has 0 aliphatic rings. The van der Waals surface area contributed by atoms with Crippen LogP contribution in [0.5, 0.6) is 0 Å². The Morgan fingerprint density at radius 3 is 2.88 bits per heavy atom. The number of halogens is 1. The van der Waals surface area contributed by atoms with E-state index in [1.54, 1.807) is 11.3 Å². The largest absolute Gasteiger partial charge is 0.355 e. The van der Waals surface area contributed by atoms with Crippen molar-refractivity contribution < 1.29 is 0 Å². The van der Waals surface area contributed by atoms with E-state index < -0.39 is 0 Å². The summed E-state index contributed by atoms with van der Waals surface area (Å²) in [6.07, 6.45) is 0. The van der Waals surface area contributed by atoms with Gasteiger partial charge in [-0.15, -0.1) is 11.6 Å². The van der Waals surface area contributed by atoms with Gasteiger partial charge in [-0.3, -0.25) is 4.68 Å². The molecule has 0 aromatic carbocycles. The molecule has 0 saturated heterocycles. The summed E-state index contributed by atoms with van der Waals surface area (Å²) in [4.78, 5) is 2.19. The molecule has 0 saturated carbocycles. The minimum atomic E-state index is 0.503. The Balaban J connectivity index is 2.27. The van der Waals surface area contributed by atoms with Crippen molar-refractivity contribution in [2.75, 3.05) is 11.9 Å². The molecule has 5 heteroatoms. The second-order valence-corrected chi connectivity index (χ2v) is 5.18. The second kappa shape index (κ2) is 5.10. The van der Waals surface area contributed by atoms with Crippen molar-refractivity contribution in [2.24, 2.45) is 7.05 Å². The number of hydrogen-bond donors (Lipinski definition) is 0. The lowest BCUT2D eigenvalue weighted by Gasteiger charge is -2.20. The molecule has 0 aliphatic carbocycles. The summed E-state index contributed by atoms with van der Waals surface area (Å²) in [5.74, 6) is 1.60. The smallest absolute Gasteiger partial charge is 0.131 e. The van der Waals surface area contributed by atoms with Gasteiger partial charge in [-0.25, -0.2) is 0 Å². The summed E-state index contributed by atoms with van der Waals surface area (Å²) in [5, 5.41) is 8.69. The summed E-state index contributed by atoms with van der Waals surface area (Å²) in [6.45, 7) is 2.88. The average molecular weight is 270 g/mol. The summed E-state index contributed by atoms with van der Waals surface area (Å²) >= 11 is 7.72. The van der Waals surface area contributed by atoms with E-state index in [1.807, 2.05) is 18.7 Å². The number of aryl methyl sites for hydroxylation is 2. The summed E-state index contributed by atoms with van der Waals surface area (Å²) < 4.78 is 1.90. The molecule has 2 heterocycles. The first-order valence-corrected chi connectivity index (χ1v) is 6.92. The van der Waals surface area contributed by atoms with Gasteiger partial charge >= 0.3 is 0 Å². The third-order valence-corrected chi connectivity index (χ3v) is 3.81. The zero-order valence-corrected chi connectivity index (χ0v) is 11.8. The zero-order valence-electron chi connectivity index (χ0n) is 10.3. The third-order valence-electron chi connectivity index (χ3n) is 2.81.